The highest BCUT2D eigenvalue weighted by Crippen LogP contribution is 2.28. The average molecular weight is 281 g/mol. The molecule has 0 saturated carbocycles. The Morgan fingerprint density at radius 3 is 2.11 bits per heavy atom. The van der Waals surface area contributed by atoms with Crippen molar-refractivity contribution in [2.45, 2.75) is 78.9 Å². The zero-order chi connectivity index (χ0) is 15.1. The molecule has 0 aromatic heterocycles. The molecular weight excluding hydrogens is 251 g/mol. The molecule has 0 aromatic rings. The second-order valence-corrected chi connectivity index (χ2v) is 6.87. The van der Waals surface area contributed by atoms with E-state index in [1.54, 1.807) is 0 Å². The highest BCUT2D eigenvalue weighted by Gasteiger charge is 2.27. The average Bonchev–Trinajstić information content (AvgIpc) is 2.12. The van der Waals surface area contributed by atoms with Gasteiger partial charge in [-0.3, -0.25) is 0 Å². The molecule has 0 bridgehead atoms. The lowest BCUT2D eigenvalue weighted by molar-refractivity contribution is -0.135. The minimum atomic E-state index is -4.02. The van der Waals surface area contributed by atoms with Crippen molar-refractivity contribution in [2.24, 2.45) is 11.3 Å². The quantitative estimate of drug-likeness (QED) is 0.648. The third-order valence-corrected chi connectivity index (χ3v) is 3.15. The largest absolute Gasteiger partial charge is 0.389 e. The van der Waals surface area contributed by atoms with E-state index in [4.69, 9.17) is 0 Å². The molecule has 0 spiro atoms. The number of hydrogen-bond donors (Lipinski definition) is 1. The molecule has 0 aromatic carbocycles. The van der Waals surface area contributed by atoms with Crippen molar-refractivity contribution in [2.75, 3.05) is 6.54 Å². The lowest BCUT2D eigenvalue weighted by Crippen LogP contribution is -2.31. The van der Waals surface area contributed by atoms with Crippen LogP contribution in [0.1, 0.15) is 66.7 Å². The Bertz CT molecular complexity index is 231. The Labute approximate surface area is 116 Å². The van der Waals surface area contributed by atoms with E-state index in [-0.39, 0.29) is 17.9 Å². The Balaban J connectivity index is 4.11. The van der Waals surface area contributed by atoms with Gasteiger partial charge >= 0.3 is 6.18 Å². The molecule has 0 radical (unpaired) electrons. The fraction of sp³-hybridized carbons (Fsp3) is 1.00. The molecule has 0 amide bonds. The predicted octanol–water partition coefficient (Wildman–Crippen LogP) is 5.16. The molecule has 0 rings (SSSR count). The van der Waals surface area contributed by atoms with Crippen LogP contribution >= 0.6 is 0 Å². The van der Waals surface area contributed by atoms with Crippen molar-refractivity contribution < 1.29 is 13.2 Å². The molecule has 1 N–H and O–H groups in total. The summed E-state index contributed by atoms with van der Waals surface area (Å²) in [6.07, 6.45) is -1.78. The van der Waals surface area contributed by atoms with Gasteiger partial charge < -0.3 is 5.32 Å². The van der Waals surface area contributed by atoms with Gasteiger partial charge in [-0.1, -0.05) is 34.6 Å². The van der Waals surface area contributed by atoms with Crippen molar-refractivity contribution >= 4 is 0 Å². The van der Waals surface area contributed by atoms with E-state index in [1.165, 1.54) is 0 Å². The molecule has 0 saturated heterocycles. The van der Waals surface area contributed by atoms with E-state index in [2.05, 4.69) is 33.0 Å². The van der Waals surface area contributed by atoms with Gasteiger partial charge in [0.2, 0.25) is 0 Å². The van der Waals surface area contributed by atoms with Crippen LogP contribution in [-0.4, -0.2) is 18.8 Å². The van der Waals surface area contributed by atoms with Crippen molar-refractivity contribution in [3.05, 3.63) is 0 Å². The predicted molar refractivity (Wildman–Crippen MR) is 75.2 cm³/mol. The number of alkyl halides is 3. The maximum atomic E-state index is 12.2. The van der Waals surface area contributed by atoms with Crippen LogP contribution < -0.4 is 5.32 Å². The van der Waals surface area contributed by atoms with Crippen LogP contribution in [0.4, 0.5) is 13.2 Å². The van der Waals surface area contributed by atoms with Gasteiger partial charge in [-0.15, -0.1) is 0 Å². The Morgan fingerprint density at radius 2 is 1.68 bits per heavy atom. The number of halogens is 3. The molecular formula is C15H30F3N. The molecule has 0 aliphatic heterocycles. The lowest BCUT2D eigenvalue weighted by Gasteiger charge is -2.27. The van der Waals surface area contributed by atoms with Crippen molar-refractivity contribution in [3.63, 3.8) is 0 Å². The van der Waals surface area contributed by atoms with E-state index in [9.17, 15) is 13.2 Å². The Morgan fingerprint density at radius 1 is 1.11 bits per heavy atom. The van der Waals surface area contributed by atoms with Crippen LogP contribution in [0.25, 0.3) is 0 Å². The van der Waals surface area contributed by atoms with Gasteiger partial charge in [0.05, 0.1) is 0 Å². The molecule has 116 valence electrons. The second kappa shape index (κ2) is 8.13. The highest BCUT2D eigenvalue weighted by atomic mass is 19.4. The van der Waals surface area contributed by atoms with Gasteiger partial charge in [-0.05, 0) is 43.6 Å². The fourth-order valence-electron chi connectivity index (χ4n) is 2.76. The third-order valence-electron chi connectivity index (χ3n) is 3.15. The summed E-state index contributed by atoms with van der Waals surface area (Å²) in [5.74, 6) is 0.537. The Hall–Kier alpha value is -0.250. The first kappa shape index (κ1) is 18.8. The van der Waals surface area contributed by atoms with Crippen LogP contribution in [0, 0.1) is 11.3 Å². The summed E-state index contributed by atoms with van der Waals surface area (Å²) in [5.41, 5.74) is 0.280. The molecule has 2 atom stereocenters. The highest BCUT2D eigenvalue weighted by molar-refractivity contribution is 4.74. The number of rotatable bonds is 8. The standard InChI is InChI=1S/C15H30F3N/c1-6-19-13(8-7-9-15(16,17)18)10-12(2)11-14(3,4)5/h12-13,19H,6-11H2,1-5H3. The smallest absolute Gasteiger partial charge is 0.314 e. The summed E-state index contributed by atoms with van der Waals surface area (Å²) in [6, 6.07) is 0.213. The first-order valence-electron chi connectivity index (χ1n) is 7.33. The normalized spacial score (nSPS) is 16.4. The molecule has 4 heteroatoms. The van der Waals surface area contributed by atoms with Crippen LogP contribution in [0.2, 0.25) is 0 Å². The summed E-state index contributed by atoms with van der Waals surface area (Å²) in [4.78, 5) is 0. The number of nitrogens with one attached hydrogen (secondary N) is 1. The zero-order valence-corrected chi connectivity index (χ0v) is 13.0. The number of hydrogen-bond acceptors (Lipinski definition) is 1. The topological polar surface area (TPSA) is 12.0 Å². The summed E-state index contributed by atoms with van der Waals surface area (Å²) in [7, 11) is 0. The second-order valence-electron chi connectivity index (χ2n) is 6.87. The first-order valence-corrected chi connectivity index (χ1v) is 7.33. The maximum absolute atomic E-state index is 12.2. The van der Waals surface area contributed by atoms with E-state index < -0.39 is 12.6 Å². The van der Waals surface area contributed by atoms with Crippen molar-refractivity contribution in [1.82, 2.24) is 5.32 Å². The fourth-order valence-corrected chi connectivity index (χ4v) is 2.76. The van der Waals surface area contributed by atoms with Gasteiger partial charge in [-0.25, -0.2) is 0 Å². The zero-order valence-electron chi connectivity index (χ0n) is 13.0. The molecule has 0 fully saturated rings. The van der Waals surface area contributed by atoms with Crippen LogP contribution in [-0.2, 0) is 0 Å². The third kappa shape index (κ3) is 12.5. The van der Waals surface area contributed by atoms with Gasteiger partial charge in [0.1, 0.15) is 0 Å². The molecule has 0 heterocycles. The van der Waals surface area contributed by atoms with Crippen molar-refractivity contribution in [3.8, 4) is 0 Å². The van der Waals surface area contributed by atoms with Gasteiger partial charge in [0.25, 0.3) is 0 Å². The molecule has 2 unspecified atom stereocenters. The Kier molecular flexibility index (Phi) is 8.02. The van der Waals surface area contributed by atoms with Crippen LogP contribution in [0.3, 0.4) is 0 Å². The molecule has 0 aliphatic rings. The summed E-state index contributed by atoms with van der Waals surface area (Å²) in [5, 5.41) is 3.32. The minimum absolute atomic E-state index is 0.213. The lowest BCUT2D eigenvalue weighted by atomic mass is 9.82. The van der Waals surface area contributed by atoms with E-state index in [0.29, 0.717) is 12.3 Å². The van der Waals surface area contributed by atoms with E-state index >= 15 is 0 Å². The first-order chi connectivity index (χ1) is 8.53. The van der Waals surface area contributed by atoms with Gasteiger partial charge in [-0.2, -0.15) is 13.2 Å². The van der Waals surface area contributed by atoms with E-state index in [0.717, 1.165) is 19.4 Å². The SMILES string of the molecule is CCNC(CCCC(F)(F)F)CC(C)CC(C)(C)C. The minimum Gasteiger partial charge on any atom is -0.314 e. The van der Waals surface area contributed by atoms with Crippen molar-refractivity contribution in [1.29, 1.82) is 0 Å². The summed E-state index contributed by atoms with van der Waals surface area (Å²) >= 11 is 0. The van der Waals surface area contributed by atoms with Gasteiger partial charge in [0.15, 0.2) is 0 Å². The van der Waals surface area contributed by atoms with Crippen LogP contribution in [0.5, 0.6) is 0 Å². The maximum Gasteiger partial charge on any atom is 0.389 e. The molecule has 19 heavy (non-hydrogen) atoms. The van der Waals surface area contributed by atoms with E-state index in [1.807, 2.05) is 6.92 Å². The summed E-state index contributed by atoms with van der Waals surface area (Å²) < 4.78 is 36.5. The summed E-state index contributed by atoms with van der Waals surface area (Å²) in [6.45, 7) is 11.6. The molecule has 0 aliphatic carbocycles. The van der Waals surface area contributed by atoms with Crippen LogP contribution in [0.15, 0.2) is 0 Å². The molecule has 1 nitrogen and oxygen atoms in total. The van der Waals surface area contributed by atoms with Gasteiger partial charge in [0, 0.05) is 12.5 Å². The monoisotopic (exact) mass is 281 g/mol.